The van der Waals surface area contributed by atoms with Gasteiger partial charge < -0.3 is 10.2 Å². The van der Waals surface area contributed by atoms with Crippen molar-refractivity contribution in [2.75, 3.05) is 12.3 Å². The zero-order valence-electron chi connectivity index (χ0n) is 9.72. The van der Waals surface area contributed by atoms with Crippen molar-refractivity contribution in [1.82, 2.24) is 5.43 Å². The molecule has 0 bridgehead atoms. The summed E-state index contributed by atoms with van der Waals surface area (Å²) in [5.41, 5.74) is 2.69. The fourth-order valence-corrected chi connectivity index (χ4v) is 2.75. The number of aliphatic carboxylic acids is 2. The average molecular weight is 264 g/mol. The van der Waals surface area contributed by atoms with E-state index in [-0.39, 0.29) is 0 Å². The van der Waals surface area contributed by atoms with Crippen LogP contribution in [0.2, 0.25) is 0 Å². The van der Waals surface area contributed by atoms with E-state index in [0.717, 1.165) is 11.8 Å². The van der Waals surface area contributed by atoms with Crippen LogP contribution in [0.1, 0.15) is 32.1 Å². The molecule has 6 nitrogen and oxygen atoms in total. The minimum absolute atomic E-state index is 0.928. The minimum atomic E-state index is -1.82. The lowest BCUT2D eigenvalue weighted by Gasteiger charge is -2.20. The fourth-order valence-electron chi connectivity index (χ4n) is 1.52. The van der Waals surface area contributed by atoms with Gasteiger partial charge in [0.05, 0.1) is 0 Å². The maximum absolute atomic E-state index is 9.10. The number of carboxylic acid groups (broad SMARTS) is 2. The van der Waals surface area contributed by atoms with E-state index in [1.165, 1.54) is 37.9 Å². The summed E-state index contributed by atoms with van der Waals surface area (Å²) in [4.78, 5) is 18.2. The van der Waals surface area contributed by atoms with Crippen LogP contribution >= 0.6 is 11.8 Å². The second-order valence-corrected chi connectivity index (χ2v) is 5.10. The van der Waals surface area contributed by atoms with Crippen molar-refractivity contribution >= 4 is 23.7 Å². The van der Waals surface area contributed by atoms with Gasteiger partial charge in [-0.3, -0.25) is 11.3 Å². The van der Waals surface area contributed by atoms with Crippen molar-refractivity contribution in [3.63, 3.8) is 0 Å². The lowest BCUT2D eigenvalue weighted by molar-refractivity contribution is -0.159. The van der Waals surface area contributed by atoms with Gasteiger partial charge in [0.15, 0.2) is 0 Å². The molecule has 1 saturated carbocycles. The van der Waals surface area contributed by atoms with Crippen LogP contribution in [-0.2, 0) is 9.59 Å². The highest BCUT2D eigenvalue weighted by Crippen LogP contribution is 2.27. The van der Waals surface area contributed by atoms with E-state index < -0.39 is 11.9 Å². The van der Waals surface area contributed by atoms with Crippen LogP contribution in [0.5, 0.6) is 0 Å². The summed E-state index contributed by atoms with van der Waals surface area (Å²) in [6.45, 7) is 0.946. The van der Waals surface area contributed by atoms with E-state index in [1.807, 2.05) is 0 Å². The highest BCUT2D eigenvalue weighted by molar-refractivity contribution is 7.99. The van der Waals surface area contributed by atoms with E-state index in [0.29, 0.717) is 0 Å². The molecule has 0 heterocycles. The maximum atomic E-state index is 9.10. The van der Waals surface area contributed by atoms with Crippen molar-refractivity contribution < 1.29 is 19.8 Å². The van der Waals surface area contributed by atoms with Gasteiger partial charge in [0.25, 0.3) is 0 Å². The predicted molar refractivity (Wildman–Crippen MR) is 66.8 cm³/mol. The van der Waals surface area contributed by atoms with Crippen LogP contribution in [0.15, 0.2) is 0 Å². The van der Waals surface area contributed by atoms with Gasteiger partial charge in [-0.15, -0.1) is 0 Å². The third-order valence-corrected chi connectivity index (χ3v) is 3.72. The molecule has 100 valence electrons. The van der Waals surface area contributed by atoms with Gasteiger partial charge in [0.1, 0.15) is 0 Å². The molecule has 1 aliphatic rings. The first-order valence-corrected chi connectivity index (χ1v) is 6.64. The Kier molecular flexibility index (Phi) is 9.89. The summed E-state index contributed by atoms with van der Waals surface area (Å²) in [5, 5.41) is 15.7. The third-order valence-electron chi connectivity index (χ3n) is 2.34. The number of thioether (sulfide) groups is 1. The molecule has 0 saturated heterocycles. The largest absolute Gasteiger partial charge is 0.473 e. The van der Waals surface area contributed by atoms with Crippen molar-refractivity contribution in [1.29, 1.82) is 0 Å². The Bertz CT molecular complexity index is 220. The van der Waals surface area contributed by atoms with Gasteiger partial charge in [-0.2, -0.15) is 11.8 Å². The first-order valence-electron chi connectivity index (χ1n) is 5.59. The van der Waals surface area contributed by atoms with E-state index in [1.54, 1.807) is 0 Å². The van der Waals surface area contributed by atoms with Crippen LogP contribution in [0.3, 0.4) is 0 Å². The van der Waals surface area contributed by atoms with Crippen LogP contribution < -0.4 is 11.3 Å². The zero-order chi connectivity index (χ0) is 13.1. The number of nitrogens with one attached hydrogen (secondary N) is 1. The second kappa shape index (κ2) is 10.4. The number of rotatable bonds is 4. The molecular formula is C10H20N2O4S. The standard InChI is InChI=1S/C8H18N2S.C2H2O4/c9-10-6-7-11-8-4-2-1-3-5-8;3-1(4)2(5)6/h8,10H,1-7,9H2;(H,3,4)(H,5,6). The predicted octanol–water partition coefficient (Wildman–Crippen LogP) is 0.671. The molecule has 0 radical (unpaired) electrons. The molecular weight excluding hydrogens is 244 g/mol. The third kappa shape index (κ3) is 10.1. The van der Waals surface area contributed by atoms with Crippen molar-refractivity contribution in [2.45, 2.75) is 37.4 Å². The van der Waals surface area contributed by atoms with Gasteiger partial charge in [-0.05, 0) is 12.8 Å². The SMILES string of the molecule is NNCCSC1CCCCC1.O=C(O)C(=O)O. The van der Waals surface area contributed by atoms with Gasteiger partial charge in [0.2, 0.25) is 0 Å². The topological polar surface area (TPSA) is 113 Å². The second-order valence-electron chi connectivity index (χ2n) is 3.70. The highest BCUT2D eigenvalue weighted by atomic mass is 32.2. The van der Waals surface area contributed by atoms with E-state index in [4.69, 9.17) is 25.6 Å². The van der Waals surface area contributed by atoms with Gasteiger partial charge in [-0.1, -0.05) is 19.3 Å². The summed E-state index contributed by atoms with van der Waals surface area (Å²) in [6, 6.07) is 0. The molecule has 17 heavy (non-hydrogen) atoms. The molecule has 1 fully saturated rings. The van der Waals surface area contributed by atoms with Gasteiger partial charge in [0, 0.05) is 17.5 Å². The Balaban J connectivity index is 0.000000366. The van der Waals surface area contributed by atoms with Crippen molar-refractivity contribution in [3.8, 4) is 0 Å². The molecule has 1 aliphatic carbocycles. The van der Waals surface area contributed by atoms with Crippen LogP contribution in [0.25, 0.3) is 0 Å². The highest BCUT2D eigenvalue weighted by Gasteiger charge is 2.12. The normalized spacial score (nSPS) is 15.8. The average Bonchev–Trinajstić information content (AvgIpc) is 2.31. The molecule has 0 amide bonds. The Hall–Kier alpha value is -0.790. The van der Waals surface area contributed by atoms with Crippen molar-refractivity contribution in [2.24, 2.45) is 5.84 Å². The smallest absolute Gasteiger partial charge is 0.414 e. The Morgan fingerprint density at radius 2 is 1.71 bits per heavy atom. The number of carboxylic acids is 2. The summed E-state index contributed by atoms with van der Waals surface area (Å²) in [7, 11) is 0. The monoisotopic (exact) mass is 264 g/mol. The summed E-state index contributed by atoms with van der Waals surface area (Å²) >= 11 is 2.08. The van der Waals surface area contributed by atoms with Crippen LogP contribution in [-0.4, -0.2) is 39.7 Å². The Morgan fingerprint density at radius 1 is 1.18 bits per heavy atom. The number of carbonyl (C=O) groups is 2. The molecule has 0 aromatic heterocycles. The summed E-state index contributed by atoms with van der Waals surface area (Å²) in [5.74, 6) is 2.70. The van der Waals surface area contributed by atoms with E-state index in [9.17, 15) is 0 Å². The molecule has 0 atom stereocenters. The molecule has 0 aromatic carbocycles. The first kappa shape index (κ1) is 16.2. The molecule has 0 unspecified atom stereocenters. The van der Waals surface area contributed by atoms with E-state index >= 15 is 0 Å². The first-order chi connectivity index (χ1) is 8.07. The molecule has 0 spiro atoms. The number of nitrogens with two attached hydrogens (primary N) is 1. The lowest BCUT2D eigenvalue weighted by Crippen LogP contribution is -2.25. The Morgan fingerprint density at radius 3 is 2.12 bits per heavy atom. The number of hydrogen-bond donors (Lipinski definition) is 4. The molecule has 7 heteroatoms. The summed E-state index contributed by atoms with van der Waals surface area (Å²) < 4.78 is 0. The molecule has 0 aromatic rings. The maximum Gasteiger partial charge on any atom is 0.414 e. The van der Waals surface area contributed by atoms with Crippen LogP contribution in [0, 0.1) is 0 Å². The van der Waals surface area contributed by atoms with Gasteiger partial charge in [-0.25, -0.2) is 9.59 Å². The zero-order valence-corrected chi connectivity index (χ0v) is 10.5. The Labute approximate surface area is 105 Å². The lowest BCUT2D eigenvalue weighted by atomic mass is 10.0. The van der Waals surface area contributed by atoms with E-state index in [2.05, 4.69) is 17.2 Å². The molecule has 1 rings (SSSR count). The quantitative estimate of drug-likeness (QED) is 0.255. The van der Waals surface area contributed by atoms with Gasteiger partial charge >= 0.3 is 11.9 Å². The fraction of sp³-hybridized carbons (Fsp3) is 0.800. The van der Waals surface area contributed by atoms with Crippen LogP contribution in [0.4, 0.5) is 0 Å². The molecule has 0 aliphatic heterocycles. The minimum Gasteiger partial charge on any atom is -0.473 e. The number of hydrogen-bond acceptors (Lipinski definition) is 5. The summed E-state index contributed by atoms with van der Waals surface area (Å²) in [6.07, 6.45) is 7.18. The number of hydrazine groups is 1. The van der Waals surface area contributed by atoms with Crippen molar-refractivity contribution in [3.05, 3.63) is 0 Å². The molecule has 5 N–H and O–H groups in total.